The number of para-hydroxylation sites is 1. The Morgan fingerprint density at radius 1 is 1.39 bits per heavy atom. The van der Waals surface area contributed by atoms with Gasteiger partial charge in [0, 0.05) is 24.2 Å². The fraction of sp³-hybridized carbons (Fsp3) is 0.625. The second-order valence-electron chi connectivity index (χ2n) is 6.15. The van der Waals surface area contributed by atoms with Gasteiger partial charge in [-0.2, -0.15) is 0 Å². The largest absolute Gasteiger partial charge is 0.392 e. The lowest BCUT2D eigenvalue weighted by atomic mass is 9.80. The van der Waals surface area contributed by atoms with Gasteiger partial charge in [-0.25, -0.2) is 0 Å². The first-order valence-electron chi connectivity index (χ1n) is 6.97. The SMILES string of the molecule is CCc1cccc(C)c1N1CCC(O)C(C)(C)C1. The van der Waals surface area contributed by atoms with Crippen LogP contribution in [0.3, 0.4) is 0 Å². The molecule has 1 N–H and O–H groups in total. The van der Waals surface area contributed by atoms with Crippen LogP contribution in [0.2, 0.25) is 0 Å². The third-order valence-electron chi connectivity index (χ3n) is 4.19. The molecule has 0 bridgehead atoms. The Kier molecular flexibility index (Phi) is 3.67. The number of hydrogen-bond donors (Lipinski definition) is 1. The predicted octanol–water partition coefficient (Wildman–Crippen LogP) is 3.15. The van der Waals surface area contributed by atoms with E-state index in [2.05, 4.69) is 50.8 Å². The van der Waals surface area contributed by atoms with Gasteiger partial charge < -0.3 is 10.0 Å². The van der Waals surface area contributed by atoms with Crippen molar-refractivity contribution in [2.45, 2.75) is 46.6 Å². The first-order chi connectivity index (χ1) is 8.45. The summed E-state index contributed by atoms with van der Waals surface area (Å²) >= 11 is 0. The second-order valence-corrected chi connectivity index (χ2v) is 6.15. The van der Waals surface area contributed by atoms with E-state index < -0.39 is 0 Å². The fourth-order valence-corrected chi connectivity index (χ4v) is 2.99. The van der Waals surface area contributed by atoms with Gasteiger partial charge in [-0.1, -0.05) is 39.0 Å². The molecule has 0 amide bonds. The van der Waals surface area contributed by atoms with E-state index in [4.69, 9.17) is 0 Å². The maximum atomic E-state index is 10.1. The van der Waals surface area contributed by atoms with E-state index in [9.17, 15) is 5.11 Å². The standard InChI is InChI=1S/C16H25NO/c1-5-13-8-6-7-12(2)15(13)17-10-9-14(18)16(3,4)11-17/h6-8,14,18H,5,9-11H2,1-4H3. The molecule has 1 aromatic rings. The van der Waals surface area contributed by atoms with Crippen molar-refractivity contribution in [2.24, 2.45) is 5.41 Å². The van der Waals surface area contributed by atoms with Crippen LogP contribution in [0.15, 0.2) is 18.2 Å². The zero-order chi connectivity index (χ0) is 13.3. The van der Waals surface area contributed by atoms with Crippen LogP contribution in [-0.4, -0.2) is 24.3 Å². The molecular formula is C16H25NO. The minimum absolute atomic E-state index is 0.0223. The maximum Gasteiger partial charge on any atom is 0.0624 e. The molecule has 2 nitrogen and oxygen atoms in total. The van der Waals surface area contributed by atoms with Crippen molar-refractivity contribution >= 4 is 5.69 Å². The topological polar surface area (TPSA) is 23.5 Å². The van der Waals surface area contributed by atoms with Crippen molar-refractivity contribution in [1.29, 1.82) is 0 Å². The van der Waals surface area contributed by atoms with Gasteiger partial charge in [0.25, 0.3) is 0 Å². The summed E-state index contributed by atoms with van der Waals surface area (Å²) < 4.78 is 0. The van der Waals surface area contributed by atoms with Gasteiger partial charge in [0.05, 0.1) is 6.10 Å². The lowest BCUT2D eigenvalue weighted by Crippen LogP contribution is -2.49. The van der Waals surface area contributed by atoms with Crippen molar-refractivity contribution in [2.75, 3.05) is 18.0 Å². The van der Waals surface area contributed by atoms with Crippen LogP contribution < -0.4 is 4.90 Å². The Hall–Kier alpha value is -1.02. The van der Waals surface area contributed by atoms with Gasteiger partial charge in [-0.05, 0) is 30.9 Å². The van der Waals surface area contributed by atoms with Crippen molar-refractivity contribution in [3.05, 3.63) is 29.3 Å². The van der Waals surface area contributed by atoms with Gasteiger partial charge in [0.1, 0.15) is 0 Å². The fourth-order valence-electron chi connectivity index (χ4n) is 2.99. The minimum atomic E-state index is -0.178. The molecule has 1 atom stereocenters. The third-order valence-corrected chi connectivity index (χ3v) is 4.19. The summed E-state index contributed by atoms with van der Waals surface area (Å²) in [6, 6.07) is 6.55. The summed E-state index contributed by atoms with van der Waals surface area (Å²) in [4.78, 5) is 2.46. The molecule has 1 aliphatic rings. The van der Waals surface area contributed by atoms with E-state index in [1.165, 1.54) is 16.8 Å². The Morgan fingerprint density at radius 2 is 2.11 bits per heavy atom. The molecule has 0 aliphatic carbocycles. The van der Waals surface area contributed by atoms with Crippen LogP contribution in [0.1, 0.15) is 38.3 Å². The quantitative estimate of drug-likeness (QED) is 0.868. The zero-order valence-electron chi connectivity index (χ0n) is 12.0. The smallest absolute Gasteiger partial charge is 0.0624 e. The van der Waals surface area contributed by atoms with Gasteiger partial charge in [-0.15, -0.1) is 0 Å². The van der Waals surface area contributed by atoms with Crippen LogP contribution >= 0.6 is 0 Å². The van der Waals surface area contributed by atoms with E-state index >= 15 is 0 Å². The molecular weight excluding hydrogens is 222 g/mol. The highest BCUT2D eigenvalue weighted by Gasteiger charge is 2.35. The Labute approximate surface area is 111 Å². The highest BCUT2D eigenvalue weighted by Crippen LogP contribution is 2.35. The second kappa shape index (κ2) is 4.93. The Bertz CT molecular complexity index is 425. The van der Waals surface area contributed by atoms with Gasteiger partial charge in [0.15, 0.2) is 0 Å². The average Bonchev–Trinajstić information content (AvgIpc) is 2.32. The van der Waals surface area contributed by atoms with Crippen molar-refractivity contribution in [3.63, 3.8) is 0 Å². The number of nitrogens with zero attached hydrogens (tertiary/aromatic N) is 1. The number of aryl methyl sites for hydroxylation is 2. The number of benzene rings is 1. The molecule has 1 aliphatic heterocycles. The molecule has 1 saturated heterocycles. The van der Waals surface area contributed by atoms with Crippen LogP contribution in [0.25, 0.3) is 0 Å². The van der Waals surface area contributed by atoms with Crippen molar-refractivity contribution in [3.8, 4) is 0 Å². The third kappa shape index (κ3) is 2.39. The number of rotatable bonds is 2. The number of aliphatic hydroxyl groups excluding tert-OH is 1. The summed E-state index contributed by atoms with van der Waals surface area (Å²) in [5.74, 6) is 0. The van der Waals surface area contributed by atoms with E-state index in [1.807, 2.05) is 0 Å². The summed E-state index contributed by atoms with van der Waals surface area (Å²) in [6.45, 7) is 10.6. The monoisotopic (exact) mass is 247 g/mol. The predicted molar refractivity (Wildman–Crippen MR) is 77.2 cm³/mol. The van der Waals surface area contributed by atoms with Gasteiger partial charge in [-0.3, -0.25) is 0 Å². The molecule has 0 aromatic heterocycles. The van der Waals surface area contributed by atoms with Gasteiger partial charge >= 0.3 is 0 Å². The maximum absolute atomic E-state index is 10.1. The van der Waals surface area contributed by atoms with E-state index in [0.29, 0.717) is 0 Å². The first-order valence-corrected chi connectivity index (χ1v) is 6.97. The molecule has 0 spiro atoms. The molecule has 18 heavy (non-hydrogen) atoms. The molecule has 2 heteroatoms. The van der Waals surface area contributed by atoms with Crippen LogP contribution in [0, 0.1) is 12.3 Å². The minimum Gasteiger partial charge on any atom is -0.392 e. The molecule has 1 fully saturated rings. The van der Waals surface area contributed by atoms with Crippen molar-refractivity contribution in [1.82, 2.24) is 0 Å². The average molecular weight is 247 g/mol. The Morgan fingerprint density at radius 3 is 2.72 bits per heavy atom. The molecule has 0 radical (unpaired) electrons. The van der Waals surface area contributed by atoms with Crippen LogP contribution in [0.4, 0.5) is 5.69 Å². The van der Waals surface area contributed by atoms with Crippen molar-refractivity contribution < 1.29 is 5.11 Å². The first kappa shape index (κ1) is 13.4. The zero-order valence-corrected chi connectivity index (χ0v) is 12.0. The normalized spacial score (nSPS) is 23.2. The number of anilines is 1. The highest BCUT2D eigenvalue weighted by atomic mass is 16.3. The highest BCUT2D eigenvalue weighted by molar-refractivity contribution is 5.60. The van der Waals surface area contributed by atoms with Crippen LogP contribution in [0.5, 0.6) is 0 Å². The summed E-state index contributed by atoms with van der Waals surface area (Å²) in [7, 11) is 0. The molecule has 2 rings (SSSR count). The molecule has 1 aromatic carbocycles. The van der Waals surface area contributed by atoms with E-state index in [0.717, 1.165) is 25.9 Å². The molecule has 100 valence electrons. The number of piperidine rings is 1. The molecule has 1 heterocycles. The summed E-state index contributed by atoms with van der Waals surface area (Å²) in [6.07, 6.45) is 1.75. The van der Waals surface area contributed by atoms with Gasteiger partial charge in [0.2, 0.25) is 0 Å². The van der Waals surface area contributed by atoms with E-state index in [1.54, 1.807) is 0 Å². The number of hydrogen-bond acceptors (Lipinski definition) is 2. The summed E-state index contributed by atoms with van der Waals surface area (Å²) in [5.41, 5.74) is 4.13. The molecule has 1 unspecified atom stereocenters. The number of aliphatic hydroxyl groups is 1. The summed E-state index contributed by atoms with van der Waals surface area (Å²) in [5, 5.41) is 10.1. The lowest BCUT2D eigenvalue weighted by molar-refractivity contribution is 0.0335. The lowest BCUT2D eigenvalue weighted by Gasteiger charge is -2.44. The van der Waals surface area contributed by atoms with E-state index in [-0.39, 0.29) is 11.5 Å². The molecule has 0 saturated carbocycles. The Balaban J connectivity index is 2.33. The van der Waals surface area contributed by atoms with Crippen LogP contribution in [-0.2, 0) is 6.42 Å².